The number of nitrogens with one attached hydrogen (secondary N) is 2. The summed E-state index contributed by atoms with van der Waals surface area (Å²) < 4.78 is 5.45. The van der Waals surface area contributed by atoms with Gasteiger partial charge in [-0.3, -0.25) is 9.59 Å². The molecule has 0 spiro atoms. The van der Waals surface area contributed by atoms with E-state index in [1.165, 1.54) is 5.56 Å². The Hall–Kier alpha value is -2.82. The Kier molecular flexibility index (Phi) is 6.37. The number of carbonyl (C=O) groups excluding carboxylic acids is 2. The molecule has 0 aliphatic carbocycles. The predicted molar refractivity (Wildman–Crippen MR) is 93.2 cm³/mol. The number of aryl methyl sites for hydroxylation is 2. The first-order valence-electron chi connectivity index (χ1n) is 7.86. The van der Waals surface area contributed by atoms with Gasteiger partial charge in [-0.15, -0.1) is 0 Å². The lowest BCUT2D eigenvalue weighted by molar-refractivity contribution is -0.123. The molecule has 5 heteroatoms. The van der Waals surface area contributed by atoms with Crippen molar-refractivity contribution in [2.75, 3.05) is 19.7 Å². The van der Waals surface area contributed by atoms with Crippen LogP contribution >= 0.6 is 0 Å². The van der Waals surface area contributed by atoms with Crippen LogP contribution in [0.25, 0.3) is 0 Å². The fourth-order valence-corrected chi connectivity index (χ4v) is 2.07. The Labute approximate surface area is 142 Å². The molecule has 0 aliphatic rings. The molecule has 2 aromatic rings. The van der Waals surface area contributed by atoms with Crippen LogP contribution in [-0.4, -0.2) is 31.5 Å². The lowest BCUT2D eigenvalue weighted by Crippen LogP contribution is -2.36. The van der Waals surface area contributed by atoms with Gasteiger partial charge >= 0.3 is 0 Å². The average Bonchev–Trinajstić information content (AvgIpc) is 2.60. The van der Waals surface area contributed by atoms with E-state index < -0.39 is 0 Å². The minimum Gasteiger partial charge on any atom is -0.484 e. The summed E-state index contributed by atoms with van der Waals surface area (Å²) >= 11 is 0. The smallest absolute Gasteiger partial charge is 0.258 e. The van der Waals surface area contributed by atoms with Crippen molar-refractivity contribution < 1.29 is 14.3 Å². The summed E-state index contributed by atoms with van der Waals surface area (Å²) in [6.45, 7) is 4.69. The topological polar surface area (TPSA) is 67.4 Å². The number of rotatable bonds is 7. The molecule has 0 heterocycles. The van der Waals surface area contributed by atoms with Crippen LogP contribution in [-0.2, 0) is 4.79 Å². The minimum absolute atomic E-state index is 0.0465. The van der Waals surface area contributed by atoms with Crippen LogP contribution in [0, 0.1) is 13.8 Å². The van der Waals surface area contributed by atoms with E-state index in [1.54, 1.807) is 24.3 Å². The average molecular weight is 326 g/mol. The quantitative estimate of drug-likeness (QED) is 0.767. The lowest BCUT2D eigenvalue weighted by atomic mass is 10.1. The molecule has 126 valence electrons. The van der Waals surface area contributed by atoms with Gasteiger partial charge in [0.2, 0.25) is 0 Å². The third kappa shape index (κ3) is 5.43. The molecule has 0 saturated carbocycles. The highest BCUT2D eigenvalue weighted by Crippen LogP contribution is 2.16. The summed E-state index contributed by atoms with van der Waals surface area (Å²) in [4.78, 5) is 23.5. The summed E-state index contributed by atoms with van der Waals surface area (Å²) in [5.74, 6) is 0.295. The van der Waals surface area contributed by atoms with Crippen molar-refractivity contribution >= 4 is 11.8 Å². The number of hydrogen-bond donors (Lipinski definition) is 2. The number of hydrogen-bond acceptors (Lipinski definition) is 3. The van der Waals surface area contributed by atoms with Gasteiger partial charge in [0.05, 0.1) is 0 Å². The van der Waals surface area contributed by atoms with E-state index in [1.807, 2.05) is 38.1 Å². The SMILES string of the molecule is Cc1ccc(OCC(=O)NCCNC(=O)c2ccccc2)cc1C. The second-order valence-corrected chi connectivity index (χ2v) is 5.51. The molecule has 2 N–H and O–H groups in total. The van der Waals surface area contributed by atoms with Crippen LogP contribution in [0.5, 0.6) is 5.75 Å². The van der Waals surface area contributed by atoms with Gasteiger partial charge in [0.1, 0.15) is 5.75 Å². The van der Waals surface area contributed by atoms with Gasteiger partial charge in [-0.2, -0.15) is 0 Å². The molecule has 0 fully saturated rings. The molecule has 2 amide bonds. The van der Waals surface area contributed by atoms with Crippen LogP contribution in [0.3, 0.4) is 0 Å². The van der Waals surface area contributed by atoms with Gasteiger partial charge in [0.15, 0.2) is 6.61 Å². The van der Waals surface area contributed by atoms with Gasteiger partial charge in [0, 0.05) is 18.7 Å². The van der Waals surface area contributed by atoms with Crippen LogP contribution in [0.1, 0.15) is 21.5 Å². The Balaban J connectivity index is 1.64. The van der Waals surface area contributed by atoms with E-state index in [2.05, 4.69) is 10.6 Å². The van der Waals surface area contributed by atoms with Crippen LogP contribution < -0.4 is 15.4 Å². The maximum Gasteiger partial charge on any atom is 0.258 e. The lowest BCUT2D eigenvalue weighted by Gasteiger charge is -2.09. The van der Waals surface area contributed by atoms with Crippen molar-refractivity contribution in [2.45, 2.75) is 13.8 Å². The zero-order valence-electron chi connectivity index (χ0n) is 14.0. The molecule has 0 radical (unpaired) electrons. The Bertz CT molecular complexity index is 699. The van der Waals surface area contributed by atoms with Crippen molar-refractivity contribution in [1.82, 2.24) is 10.6 Å². The second-order valence-electron chi connectivity index (χ2n) is 5.51. The number of benzene rings is 2. The molecular formula is C19H22N2O3. The van der Waals surface area contributed by atoms with E-state index in [-0.39, 0.29) is 18.4 Å². The summed E-state index contributed by atoms with van der Waals surface area (Å²) in [7, 11) is 0. The third-order valence-corrected chi connectivity index (χ3v) is 3.62. The first-order valence-corrected chi connectivity index (χ1v) is 7.86. The first kappa shape index (κ1) is 17.5. The van der Waals surface area contributed by atoms with E-state index >= 15 is 0 Å². The Morgan fingerprint density at radius 1 is 0.917 bits per heavy atom. The molecule has 0 bridgehead atoms. The molecule has 0 aliphatic heterocycles. The summed E-state index contributed by atoms with van der Waals surface area (Å²) in [5, 5.41) is 5.45. The number of ether oxygens (including phenoxy) is 1. The predicted octanol–water partition coefficient (Wildman–Crippen LogP) is 2.23. The molecule has 0 saturated heterocycles. The van der Waals surface area contributed by atoms with E-state index in [9.17, 15) is 9.59 Å². The molecular weight excluding hydrogens is 304 g/mol. The Morgan fingerprint density at radius 3 is 2.33 bits per heavy atom. The molecule has 2 rings (SSSR count). The Morgan fingerprint density at radius 2 is 1.62 bits per heavy atom. The summed E-state index contributed by atoms with van der Waals surface area (Å²) in [6.07, 6.45) is 0. The molecule has 0 atom stereocenters. The minimum atomic E-state index is -0.220. The molecule has 24 heavy (non-hydrogen) atoms. The van der Waals surface area contributed by atoms with Gasteiger partial charge in [0.25, 0.3) is 11.8 Å². The van der Waals surface area contributed by atoms with Gasteiger partial charge in [-0.05, 0) is 49.2 Å². The molecule has 0 aromatic heterocycles. The number of amides is 2. The van der Waals surface area contributed by atoms with Gasteiger partial charge in [-0.1, -0.05) is 24.3 Å². The number of carbonyl (C=O) groups is 2. The summed E-state index contributed by atoms with van der Waals surface area (Å²) in [6, 6.07) is 14.7. The summed E-state index contributed by atoms with van der Waals surface area (Å²) in [5.41, 5.74) is 2.90. The van der Waals surface area contributed by atoms with Crippen molar-refractivity contribution in [2.24, 2.45) is 0 Å². The van der Waals surface area contributed by atoms with Crippen molar-refractivity contribution in [3.8, 4) is 5.75 Å². The highest BCUT2D eigenvalue weighted by atomic mass is 16.5. The third-order valence-electron chi connectivity index (χ3n) is 3.62. The van der Waals surface area contributed by atoms with Crippen molar-refractivity contribution in [3.05, 3.63) is 65.2 Å². The largest absolute Gasteiger partial charge is 0.484 e. The van der Waals surface area contributed by atoms with Crippen LogP contribution in [0.2, 0.25) is 0 Å². The monoisotopic (exact) mass is 326 g/mol. The highest BCUT2D eigenvalue weighted by Gasteiger charge is 2.05. The molecule has 2 aromatic carbocycles. The zero-order chi connectivity index (χ0) is 17.4. The standard InChI is InChI=1S/C19H22N2O3/c1-14-8-9-17(12-15(14)2)24-13-18(22)20-10-11-21-19(23)16-6-4-3-5-7-16/h3-9,12H,10-11,13H2,1-2H3,(H,20,22)(H,21,23). The van der Waals surface area contributed by atoms with Crippen LogP contribution in [0.4, 0.5) is 0 Å². The van der Waals surface area contributed by atoms with Crippen LogP contribution in [0.15, 0.2) is 48.5 Å². The maximum atomic E-state index is 11.8. The highest BCUT2D eigenvalue weighted by molar-refractivity contribution is 5.94. The fraction of sp³-hybridized carbons (Fsp3) is 0.263. The second kappa shape index (κ2) is 8.72. The normalized spacial score (nSPS) is 10.1. The first-order chi connectivity index (χ1) is 11.6. The molecule has 0 unspecified atom stereocenters. The van der Waals surface area contributed by atoms with E-state index in [0.717, 1.165) is 5.56 Å². The van der Waals surface area contributed by atoms with E-state index in [0.29, 0.717) is 24.4 Å². The van der Waals surface area contributed by atoms with Crippen molar-refractivity contribution in [1.29, 1.82) is 0 Å². The molecule has 5 nitrogen and oxygen atoms in total. The van der Waals surface area contributed by atoms with Gasteiger partial charge in [-0.25, -0.2) is 0 Å². The zero-order valence-corrected chi connectivity index (χ0v) is 14.0. The van der Waals surface area contributed by atoms with Crippen molar-refractivity contribution in [3.63, 3.8) is 0 Å². The van der Waals surface area contributed by atoms with E-state index in [4.69, 9.17) is 4.74 Å². The fourth-order valence-electron chi connectivity index (χ4n) is 2.07. The van der Waals surface area contributed by atoms with Gasteiger partial charge < -0.3 is 15.4 Å². The maximum absolute atomic E-state index is 11.8.